The number of amides is 1. The maximum Gasteiger partial charge on any atom is 0.273 e. The lowest BCUT2D eigenvalue weighted by molar-refractivity contribution is -0.116. The van der Waals surface area contributed by atoms with E-state index in [0.717, 1.165) is 22.7 Å². The van der Waals surface area contributed by atoms with Crippen molar-refractivity contribution in [3.05, 3.63) is 70.8 Å². The normalized spacial score (nSPS) is 10.8. The van der Waals surface area contributed by atoms with Gasteiger partial charge in [-0.25, -0.2) is 4.98 Å². The van der Waals surface area contributed by atoms with Crippen molar-refractivity contribution in [3.63, 3.8) is 0 Å². The van der Waals surface area contributed by atoms with Crippen LogP contribution in [0.3, 0.4) is 0 Å². The van der Waals surface area contributed by atoms with E-state index in [1.807, 2.05) is 31.2 Å². The van der Waals surface area contributed by atoms with Crippen LogP contribution in [0.15, 0.2) is 59.7 Å². The first-order valence-corrected chi connectivity index (χ1v) is 9.68. The highest BCUT2D eigenvalue weighted by molar-refractivity contribution is 7.13. The highest BCUT2D eigenvalue weighted by atomic mass is 32.1. The SMILES string of the molecule is COc1cccc(NC(=O)Cn2cnc3c(-c4ccc(C)cc4)nsc3c2=O)c1. The minimum Gasteiger partial charge on any atom is -0.497 e. The molecule has 2 heterocycles. The summed E-state index contributed by atoms with van der Waals surface area (Å²) in [6.45, 7) is 1.87. The standard InChI is InChI=1S/C21H18N4O3S/c1-13-6-8-14(9-7-13)18-19-20(29-24-18)21(27)25(12-22-19)11-17(26)23-15-4-3-5-16(10-15)28-2/h3-10,12H,11H2,1-2H3,(H,23,26). The molecular formula is C21H18N4O3S. The van der Waals surface area contributed by atoms with Crippen molar-refractivity contribution in [3.8, 4) is 17.0 Å². The number of hydrogen-bond donors (Lipinski definition) is 1. The Kier molecular flexibility index (Phi) is 5.09. The summed E-state index contributed by atoms with van der Waals surface area (Å²) in [7, 11) is 1.56. The molecule has 1 N–H and O–H groups in total. The Labute approximate surface area is 170 Å². The number of rotatable bonds is 5. The number of hydrogen-bond acceptors (Lipinski definition) is 6. The van der Waals surface area contributed by atoms with Crippen LogP contribution in [0, 0.1) is 6.92 Å². The molecule has 4 aromatic rings. The number of methoxy groups -OCH3 is 1. The van der Waals surface area contributed by atoms with Crippen LogP contribution in [0.2, 0.25) is 0 Å². The number of fused-ring (bicyclic) bond motifs is 1. The smallest absolute Gasteiger partial charge is 0.273 e. The molecule has 0 aliphatic carbocycles. The topological polar surface area (TPSA) is 86.1 Å². The van der Waals surface area contributed by atoms with Crippen LogP contribution in [0.1, 0.15) is 5.56 Å². The number of anilines is 1. The van der Waals surface area contributed by atoms with Crippen molar-refractivity contribution in [2.24, 2.45) is 0 Å². The Morgan fingerprint density at radius 3 is 2.76 bits per heavy atom. The Balaban J connectivity index is 1.58. The summed E-state index contributed by atoms with van der Waals surface area (Å²) >= 11 is 1.10. The van der Waals surface area contributed by atoms with E-state index in [0.29, 0.717) is 27.3 Å². The summed E-state index contributed by atoms with van der Waals surface area (Å²) in [6.07, 6.45) is 1.39. The van der Waals surface area contributed by atoms with Gasteiger partial charge in [-0.05, 0) is 30.6 Å². The van der Waals surface area contributed by atoms with E-state index in [1.165, 1.54) is 10.9 Å². The van der Waals surface area contributed by atoms with E-state index >= 15 is 0 Å². The molecule has 0 unspecified atom stereocenters. The Morgan fingerprint density at radius 2 is 2.00 bits per heavy atom. The molecule has 7 nitrogen and oxygen atoms in total. The van der Waals surface area contributed by atoms with Crippen LogP contribution >= 0.6 is 11.5 Å². The Morgan fingerprint density at radius 1 is 1.21 bits per heavy atom. The molecule has 29 heavy (non-hydrogen) atoms. The van der Waals surface area contributed by atoms with Crippen LogP contribution in [0.5, 0.6) is 5.75 Å². The molecule has 2 aromatic carbocycles. The third-order valence-electron chi connectivity index (χ3n) is 4.44. The lowest BCUT2D eigenvalue weighted by Gasteiger charge is -2.08. The van der Waals surface area contributed by atoms with E-state index in [9.17, 15) is 9.59 Å². The molecule has 8 heteroatoms. The van der Waals surface area contributed by atoms with Crippen LogP contribution in [0.25, 0.3) is 21.5 Å². The van der Waals surface area contributed by atoms with E-state index in [4.69, 9.17) is 4.74 Å². The van der Waals surface area contributed by atoms with Gasteiger partial charge in [-0.3, -0.25) is 14.2 Å². The van der Waals surface area contributed by atoms with Gasteiger partial charge >= 0.3 is 0 Å². The first-order valence-electron chi connectivity index (χ1n) is 8.91. The van der Waals surface area contributed by atoms with Gasteiger partial charge in [0.2, 0.25) is 5.91 Å². The molecule has 0 bridgehead atoms. The van der Waals surface area contributed by atoms with Crippen molar-refractivity contribution in [1.82, 2.24) is 13.9 Å². The van der Waals surface area contributed by atoms with Gasteiger partial charge in [0.15, 0.2) is 0 Å². The lowest BCUT2D eigenvalue weighted by Crippen LogP contribution is -2.27. The molecule has 0 aliphatic rings. The quantitative estimate of drug-likeness (QED) is 0.548. The monoisotopic (exact) mass is 406 g/mol. The number of carbonyl (C=O) groups excluding carboxylic acids is 1. The molecular weight excluding hydrogens is 388 g/mol. The van der Waals surface area contributed by atoms with Gasteiger partial charge in [0, 0.05) is 17.3 Å². The maximum atomic E-state index is 12.8. The molecule has 0 aliphatic heterocycles. The number of aromatic nitrogens is 3. The van der Waals surface area contributed by atoms with Gasteiger partial charge in [0.05, 0.1) is 13.4 Å². The molecule has 0 saturated carbocycles. The first kappa shape index (κ1) is 18.8. The number of nitrogens with zero attached hydrogens (tertiary/aromatic N) is 3. The van der Waals surface area contributed by atoms with Gasteiger partial charge in [0.1, 0.15) is 28.2 Å². The van der Waals surface area contributed by atoms with E-state index in [1.54, 1.807) is 31.4 Å². The minimum atomic E-state index is -0.329. The molecule has 4 rings (SSSR count). The zero-order valence-electron chi connectivity index (χ0n) is 15.9. The second-order valence-electron chi connectivity index (χ2n) is 6.53. The van der Waals surface area contributed by atoms with Gasteiger partial charge < -0.3 is 10.1 Å². The third kappa shape index (κ3) is 3.88. The number of benzene rings is 2. The maximum absolute atomic E-state index is 12.8. The largest absolute Gasteiger partial charge is 0.497 e. The minimum absolute atomic E-state index is 0.142. The van der Waals surface area contributed by atoms with Gasteiger partial charge in [-0.1, -0.05) is 35.9 Å². The fourth-order valence-corrected chi connectivity index (χ4v) is 3.73. The van der Waals surface area contributed by atoms with E-state index in [2.05, 4.69) is 14.7 Å². The molecule has 2 aromatic heterocycles. The predicted molar refractivity (Wildman–Crippen MR) is 113 cm³/mol. The van der Waals surface area contributed by atoms with Crippen molar-refractivity contribution < 1.29 is 9.53 Å². The van der Waals surface area contributed by atoms with Crippen LogP contribution in [-0.4, -0.2) is 26.9 Å². The van der Waals surface area contributed by atoms with Gasteiger partial charge in [-0.2, -0.15) is 4.37 Å². The molecule has 0 spiro atoms. The third-order valence-corrected chi connectivity index (χ3v) is 5.27. The van der Waals surface area contributed by atoms with Crippen LogP contribution in [-0.2, 0) is 11.3 Å². The van der Waals surface area contributed by atoms with Crippen LogP contribution in [0.4, 0.5) is 5.69 Å². The fourth-order valence-electron chi connectivity index (χ4n) is 2.93. The van der Waals surface area contributed by atoms with Crippen molar-refractivity contribution in [2.45, 2.75) is 13.5 Å². The highest BCUT2D eigenvalue weighted by Gasteiger charge is 2.15. The zero-order chi connectivity index (χ0) is 20.4. The van der Waals surface area contributed by atoms with Gasteiger partial charge in [0.25, 0.3) is 5.56 Å². The first-order chi connectivity index (χ1) is 14.0. The predicted octanol–water partition coefficient (Wildman–Crippen LogP) is 3.48. The number of ether oxygens (including phenoxy) is 1. The molecule has 0 atom stereocenters. The summed E-state index contributed by atoms with van der Waals surface area (Å²) in [6, 6.07) is 14.9. The van der Waals surface area contributed by atoms with Crippen LogP contribution < -0.4 is 15.6 Å². The fraction of sp³-hybridized carbons (Fsp3) is 0.143. The molecule has 1 amide bonds. The summed E-state index contributed by atoms with van der Waals surface area (Å²) in [5.41, 5.74) is 3.58. The summed E-state index contributed by atoms with van der Waals surface area (Å²) < 4.78 is 11.3. The number of nitrogens with one attached hydrogen (secondary N) is 1. The summed E-state index contributed by atoms with van der Waals surface area (Å²) in [5, 5.41) is 2.76. The summed E-state index contributed by atoms with van der Waals surface area (Å²) in [4.78, 5) is 29.6. The number of aryl methyl sites for hydroxylation is 1. The second-order valence-corrected chi connectivity index (χ2v) is 7.31. The van der Waals surface area contributed by atoms with Gasteiger partial charge in [-0.15, -0.1) is 0 Å². The van der Waals surface area contributed by atoms with Crippen molar-refractivity contribution in [1.29, 1.82) is 0 Å². The average Bonchev–Trinajstić information content (AvgIpc) is 3.15. The Hall–Kier alpha value is -3.52. The average molecular weight is 406 g/mol. The van der Waals surface area contributed by atoms with E-state index < -0.39 is 0 Å². The van der Waals surface area contributed by atoms with Crippen molar-refractivity contribution >= 4 is 33.3 Å². The molecule has 0 saturated heterocycles. The van der Waals surface area contributed by atoms with Crippen molar-refractivity contribution in [2.75, 3.05) is 12.4 Å². The summed E-state index contributed by atoms with van der Waals surface area (Å²) in [5.74, 6) is 0.307. The number of carbonyl (C=O) groups is 1. The lowest BCUT2D eigenvalue weighted by atomic mass is 10.1. The second kappa shape index (κ2) is 7.84. The Bertz CT molecular complexity index is 1250. The van der Waals surface area contributed by atoms with E-state index in [-0.39, 0.29) is 18.0 Å². The molecule has 146 valence electrons. The highest BCUT2D eigenvalue weighted by Crippen LogP contribution is 2.27. The molecule has 0 fully saturated rings. The zero-order valence-corrected chi connectivity index (χ0v) is 16.7. The molecule has 0 radical (unpaired) electrons.